The van der Waals surface area contributed by atoms with Crippen molar-refractivity contribution in [2.45, 2.75) is 0 Å². The van der Waals surface area contributed by atoms with Gasteiger partial charge in [0, 0.05) is 28.5 Å². The zero-order chi connectivity index (χ0) is 15.5. The van der Waals surface area contributed by atoms with Crippen molar-refractivity contribution in [3.05, 3.63) is 91.1 Å². The third kappa shape index (κ3) is 2.79. The number of pyridine rings is 1. The number of rotatable bonds is 3. The number of nitrogens with one attached hydrogen (secondary N) is 1. The van der Waals surface area contributed by atoms with Gasteiger partial charge >= 0.3 is 0 Å². The largest absolute Gasteiger partial charge is 0.355 e. The molecule has 0 saturated carbocycles. The Hall–Kier alpha value is -3.13. The van der Waals surface area contributed by atoms with Crippen LogP contribution in [0.3, 0.4) is 0 Å². The van der Waals surface area contributed by atoms with Gasteiger partial charge in [0.05, 0.1) is 5.69 Å². The van der Waals surface area contributed by atoms with Crippen molar-refractivity contribution in [3.63, 3.8) is 0 Å². The van der Waals surface area contributed by atoms with Gasteiger partial charge in [-0.2, -0.15) is 0 Å². The second-order valence-corrected chi connectivity index (χ2v) is 5.45. The first-order chi connectivity index (χ1) is 11.4. The van der Waals surface area contributed by atoms with Crippen LogP contribution in [0.5, 0.6) is 0 Å². The number of anilines is 2. The van der Waals surface area contributed by atoms with Crippen molar-refractivity contribution in [3.8, 4) is 11.3 Å². The standard InChI is InChI=1S/C21H16N2/c1-2-11-19-16(7-1)8-6-13-21(19)23-18-10-5-9-17(15-18)20-12-3-4-14-22-20/h1-15,23H. The van der Waals surface area contributed by atoms with E-state index in [4.69, 9.17) is 0 Å². The quantitative estimate of drug-likeness (QED) is 0.528. The van der Waals surface area contributed by atoms with E-state index in [-0.39, 0.29) is 0 Å². The van der Waals surface area contributed by atoms with Crippen LogP contribution >= 0.6 is 0 Å². The average molecular weight is 296 g/mol. The van der Waals surface area contributed by atoms with E-state index in [1.54, 1.807) is 0 Å². The van der Waals surface area contributed by atoms with Crippen LogP contribution in [0.1, 0.15) is 0 Å². The Morgan fingerprint density at radius 1 is 0.696 bits per heavy atom. The van der Waals surface area contributed by atoms with Gasteiger partial charge in [0.2, 0.25) is 0 Å². The summed E-state index contributed by atoms with van der Waals surface area (Å²) in [7, 11) is 0. The molecule has 1 aromatic heterocycles. The molecule has 0 amide bonds. The fourth-order valence-electron chi connectivity index (χ4n) is 2.78. The molecule has 0 aliphatic heterocycles. The molecule has 0 saturated heterocycles. The molecule has 0 spiro atoms. The third-order valence-electron chi connectivity index (χ3n) is 3.89. The van der Waals surface area contributed by atoms with Crippen molar-refractivity contribution in [1.29, 1.82) is 0 Å². The van der Waals surface area contributed by atoms with Crippen LogP contribution in [0, 0.1) is 0 Å². The number of hydrogen-bond donors (Lipinski definition) is 1. The summed E-state index contributed by atoms with van der Waals surface area (Å²) in [5, 5.41) is 5.98. The Labute approximate surface area is 135 Å². The van der Waals surface area contributed by atoms with E-state index in [9.17, 15) is 0 Å². The summed E-state index contributed by atoms with van der Waals surface area (Å²) in [6, 6.07) is 29.0. The average Bonchev–Trinajstić information content (AvgIpc) is 2.63. The van der Waals surface area contributed by atoms with E-state index in [2.05, 4.69) is 77.0 Å². The minimum absolute atomic E-state index is 0.981. The molecule has 0 aliphatic rings. The number of hydrogen-bond acceptors (Lipinski definition) is 2. The van der Waals surface area contributed by atoms with Crippen molar-refractivity contribution in [2.24, 2.45) is 0 Å². The lowest BCUT2D eigenvalue weighted by molar-refractivity contribution is 1.33. The molecule has 1 heterocycles. The van der Waals surface area contributed by atoms with Crippen LogP contribution in [0.2, 0.25) is 0 Å². The van der Waals surface area contributed by atoms with Gasteiger partial charge in [-0.05, 0) is 35.7 Å². The fourth-order valence-corrected chi connectivity index (χ4v) is 2.78. The Balaban J connectivity index is 1.72. The van der Waals surface area contributed by atoms with E-state index in [1.165, 1.54) is 10.8 Å². The molecule has 110 valence electrons. The van der Waals surface area contributed by atoms with Crippen LogP contribution in [-0.2, 0) is 0 Å². The van der Waals surface area contributed by atoms with Crippen LogP contribution in [0.25, 0.3) is 22.0 Å². The monoisotopic (exact) mass is 296 g/mol. The lowest BCUT2D eigenvalue weighted by Gasteiger charge is -2.11. The third-order valence-corrected chi connectivity index (χ3v) is 3.89. The molecule has 0 unspecified atom stereocenters. The Bertz CT molecular complexity index is 940. The zero-order valence-electron chi connectivity index (χ0n) is 12.6. The first-order valence-corrected chi connectivity index (χ1v) is 7.66. The maximum atomic E-state index is 4.42. The highest BCUT2D eigenvalue weighted by atomic mass is 14.9. The zero-order valence-corrected chi connectivity index (χ0v) is 12.6. The van der Waals surface area contributed by atoms with Crippen molar-refractivity contribution < 1.29 is 0 Å². The van der Waals surface area contributed by atoms with Gasteiger partial charge in [-0.3, -0.25) is 4.98 Å². The molecule has 0 radical (unpaired) electrons. The van der Waals surface area contributed by atoms with Crippen molar-refractivity contribution in [2.75, 3.05) is 5.32 Å². The number of nitrogens with zero attached hydrogens (tertiary/aromatic N) is 1. The summed E-state index contributed by atoms with van der Waals surface area (Å²) in [4.78, 5) is 4.42. The fraction of sp³-hybridized carbons (Fsp3) is 0. The smallest absolute Gasteiger partial charge is 0.0702 e. The molecule has 0 atom stereocenters. The summed E-state index contributed by atoms with van der Waals surface area (Å²) >= 11 is 0. The van der Waals surface area contributed by atoms with E-state index in [1.807, 2.05) is 24.4 Å². The van der Waals surface area contributed by atoms with Crippen LogP contribution in [0.4, 0.5) is 11.4 Å². The first-order valence-electron chi connectivity index (χ1n) is 7.66. The molecule has 2 heteroatoms. The minimum Gasteiger partial charge on any atom is -0.355 e. The molecule has 3 aromatic carbocycles. The van der Waals surface area contributed by atoms with Gasteiger partial charge in [0.25, 0.3) is 0 Å². The van der Waals surface area contributed by atoms with Crippen LogP contribution < -0.4 is 5.32 Å². The van der Waals surface area contributed by atoms with Crippen LogP contribution in [-0.4, -0.2) is 4.98 Å². The second kappa shape index (κ2) is 5.93. The van der Waals surface area contributed by atoms with Gasteiger partial charge in [-0.25, -0.2) is 0 Å². The van der Waals surface area contributed by atoms with Gasteiger partial charge in [0.1, 0.15) is 0 Å². The molecular formula is C21H16N2. The summed E-state index contributed by atoms with van der Waals surface area (Å²) in [6.45, 7) is 0. The van der Waals surface area contributed by atoms with E-state index in [0.29, 0.717) is 0 Å². The molecule has 23 heavy (non-hydrogen) atoms. The second-order valence-electron chi connectivity index (χ2n) is 5.45. The Morgan fingerprint density at radius 3 is 2.43 bits per heavy atom. The maximum Gasteiger partial charge on any atom is 0.0702 e. The minimum atomic E-state index is 0.981. The highest BCUT2D eigenvalue weighted by Crippen LogP contribution is 2.28. The van der Waals surface area contributed by atoms with E-state index in [0.717, 1.165) is 22.6 Å². The predicted octanol–water partition coefficient (Wildman–Crippen LogP) is 5.65. The normalized spacial score (nSPS) is 10.6. The van der Waals surface area contributed by atoms with Crippen molar-refractivity contribution >= 4 is 22.1 Å². The van der Waals surface area contributed by atoms with Crippen LogP contribution in [0.15, 0.2) is 91.1 Å². The van der Waals surface area contributed by atoms with E-state index < -0.39 is 0 Å². The molecular weight excluding hydrogens is 280 g/mol. The SMILES string of the molecule is c1ccc(-c2cccc(Nc3cccc4ccccc34)c2)nc1. The van der Waals surface area contributed by atoms with Gasteiger partial charge in [-0.15, -0.1) is 0 Å². The van der Waals surface area contributed by atoms with Gasteiger partial charge < -0.3 is 5.32 Å². The molecule has 0 fully saturated rings. The van der Waals surface area contributed by atoms with Gasteiger partial charge in [0.15, 0.2) is 0 Å². The number of aromatic nitrogens is 1. The Morgan fingerprint density at radius 2 is 1.52 bits per heavy atom. The topological polar surface area (TPSA) is 24.9 Å². The molecule has 2 nitrogen and oxygen atoms in total. The number of benzene rings is 3. The molecule has 4 aromatic rings. The first kappa shape index (κ1) is 13.5. The summed E-state index contributed by atoms with van der Waals surface area (Å²) < 4.78 is 0. The Kier molecular flexibility index (Phi) is 3.49. The number of fused-ring (bicyclic) bond motifs is 1. The summed E-state index contributed by atoms with van der Waals surface area (Å²) in [6.07, 6.45) is 1.82. The highest BCUT2D eigenvalue weighted by Gasteiger charge is 2.03. The lowest BCUT2D eigenvalue weighted by Crippen LogP contribution is -1.92. The molecule has 0 bridgehead atoms. The predicted molar refractivity (Wildman–Crippen MR) is 96.9 cm³/mol. The maximum absolute atomic E-state index is 4.42. The van der Waals surface area contributed by atoms with Crippen molar-refractivity contribution in [1.82, 2.24) is 4.98 Å². The molecule has 0 aliphatic carbocycles. The summed E-state index contributed by atoms with van der Waals surface area (Å²) in [5.74, 6) is 0. The lowest BCUT2D eigenvalue weighted by atomic mass is 10.1. The summed E-state index contributed by atoms with van der Waals surface area (Å²) in [5.41, 5.74) is 4.26. The van der Waals surface area contributed by atoms with E-state index >= 15 is 0 Å². The molecule has 4 rings (SSSR count). The molecule has 1 N–H and O–H groups in total. The highest BCUT2D eigenvalue weighted by molar-refractivity contribution is 5.95. The van der Waals surface area contributed by atoms with Gasteiger partial charge in [-0.1, -0.05) is 54.6 Å².